The zero-order chi connectivity index (χ0) is 15.5. The van der Waals surface area contributed by atoms with Crippen molar-refractivity contribution in [1.29, 1.82) is 0 Å². The van der Waals surface area contributed by atoms with Gasteiger partial charge in [-0.1, -0.05) is 80.4 Å². The highest BCUT2D eigenvalue weighted by Crippen LogP contribution is 1.79. The molecule has 0 unspecified atom stereocenters. The molecule has 20 heavy (non-hydrogen) atoms. The van der Waals surface area contributed by atoms with Crippen molar-refractivity contribution in [3.8, 4) is 0 Å². The zero-order valence-electron chi connectivity index (χ0n) is 12.2. The molecule has 0 N–H and O–H groups in total. The third-order valence-corrected chi connectivity index (χ3v) is 1.67. The molecule has 0 aliphatic rings. The molecule has 0 saturated heterocycles. The van der Waals surface area contributed by atoms with Crippen LogP contribution in [0, 0.1) is 7.05 Å². The van der Waals surface area contributed by atoms with Crippen molar-refractivity contribution >= 4 is 11.9 Å². The van der Waals surface area contributed by atoms with E-state index in [0.717, 1.165) is 5.71 Å². The Kier molecular flexibility index (Phi) is 18.7. The van der Waals surface area contributed by atoms with E-state index in [1.165, 1.54) is 6.20 Å². The van der Waals surface area contributed by atoms with Gasteiger partial charge in [0, 0.05) is 12.4 Å². The van der Waals surface area contributed by atoms with Crippen molar-refractivity contribution in [3.63, 3.8) is 0 Å². The molecule has 0 saturated carbocycles. The number of aliphatic imine (C=N–C) groups is 2. The van der Waals surface area contributed by atoms with E-state index in [1.54, 1.807) is 18.4 Å². The number of rotatable bonds is 4. The van der Waals surface area contributed by atoms with E-state index in [2.05, 4.69) is 36.8 Å². The molecular formula is C18H23N2. The van der Waals surface area contributed by atoms with Crippen molar-refractivity contribution < 1.29 is 0 Å². The minimum absolute atomic E-state index is 0.796. The van der Waals surface area contributed by atoms with Crippen LogP contribution in [0.5, 0.6) is 0 Å². The van der Waals surface area contributed by atoms with Gasteiger partial charge in [0.1, 0.15) is 0 Å². The Labute approximate surface area is 123 Å². The van der Waals surface area contributed by atoms with Crippen LogP contribution in [-0.2, 0) is 0 Å². The second-order valence-electron chi connectivity index (χ2n) is 3.27. The Morgan fingerprint density at radius 2 is 1.25 bits per heavy atom. The minimum atomic E-state index is 0.796. The van der Waals surface area contributed by atoms with E-state index in [-0.39, 0.29) is 0 Å². The van der Waals surface area contributed by atoms with Gasteiger partial charge in [0.25, 0.3) is 0 Å². The lowest BCUT2D eigenvalue weighted by atomic mass is 10.4. The first kappa shape index (κ1) is 19.9. The SMILES string of the molecule is C=C/C=C\C=C.[CH2]N=C(C)C=NC=C.c1ccccc1. The molecule has 0 spiro atoms. The lowest BCUT2D eigenvalue weighted by Gasteiger charge is -1.80. The predicted octanol–water partition coefficient (Wildman–Crippen LogP) is 5.05. The average Bonchev–Trinajstić information content (AvgIpc) is 2.53. The zero-order valence-corrected chi connectivity index (χ0v) is 12.2. The smallest absolute Gasteiger partial charge is 0.0589 e. The molecule has 0 aliphatic heterocycles. The summed E-state index contributed by atoms with van der Waals surface area (Å²) in [5, 5.41) is 0. The number of hydrogen-bond donors (Lipinski definition) is 0. The lowest BCUT2D eigenvalue weighted by molar-refractivity contribution is 1.56. The average molecular weight is 267 g/mol. The lowest BCUT2D eigenvalue weighted by Crippen LogP contribution is -1.88. The highest BCUT2D eigenvalue weighted by atomic mass is 14.7. The normalized spacial score (nSPS) is 10.0. The van der Waals surface area contributed by atoms with Gasteiger partial charge < -0.3 is 0 Å². The molecule has 1 aromatic carbocycles. The maximum Gasteiger partial charge on any atom is 0.0589 e. The molecule has 0 aliphatic carbocycles. The van der Waals surface area contributed by atoms with Gasteiger partial charge >= 0.3 is 0 Å². The van der Waals surface area contributed by atoms with Crippen molar-refractivity contribution in [1.82, 2.24) is 0 Å². The Hall–Kier alpha value is -2.48. The van der Waals surface area contributed by atoms with E-state index >= 15 is 0 Å². The standard InChI is InChI=1S/C6H9N2.C6H6.C6H8/c1-4-8-5-6(2)7-3;1-2-4-6-5-3-1;1-3-5-6-4-2/h4-5H,1,3H2,2H3;1-6H;3-6H,1-2H2/b;;6-5-. The maximum atomic E-state index is 3.71. The molecule has 1 aromatic rings. The van der Waals surface area contributed by atoms with Gasteiger partial charge in [-0.15, -0.1) is 0 Å². The van der Waals surface area contributed by atoms with Crippen LogP contribution in [-0.4, -0.2) is 11.9 Å². The molecular weight excluding hydrogens is 244 g/mol. The summed E-state index contributed by atoms with van der Waals surface area (Å²) in [4.78, 5) is 7.31. The third-order valence-electron chi connectivity index (χ3n) is 1.67. The molecule has 1 radical (unpaired) electrons. The Bertz CT molecular complexity index is 389. The van der Waals surface area contributed by atoms with Crippen LogP contribution in [0.25, 0.3) is 0 Å². The fraction of sp³-hybridized carbons (Fsp3) is 0.0556. The van der Waals surface area contributed by atoms with E-state index in [4.69, 9.17) is 0 Å². The van der Waals surface area contributed by atoms with Gasteiger partial charge in [0.05, 0.1) is 12.8 Å². The van der Waals surface area contributed by atoms with Crippen LogP contribution in [0.4, 0.5) is 0 Å². The van der Waals surface area contributed by atoms with Crippen LogP contribution in [0.2, 0.25) is 0 Å². The third kappa shape index (κ3) is 20.9. The number of benzene rings is 1. The van der Waals surface area contributed by atoms with Crippen LogP contribution >= 0.6 is 0 Å². The van der Waals surface area contributed by atoms with Gasteiger partial charge in [-0.05, 0) is 6.92 Å². The molecule has 2 heteroatoms. The van der Waals surface area contributed by atoms with Crippen LogP contribution < -0.4 is 0 Å². The van der Waals surface area contributed by atoms with Crippen molar-refractivity contribution in [2.24, 2.45) is 9.98 Å². The topological polar surface area (TPSA) is 24.7 Å². The molecule has 0 heterocycles. The molecule has 2 nitrogen and oxygen atoms in total. The summed E-state index contributed by atoms with van der Waals surface area (Å²) in [6.07, 6.45) is 10.1. The summed E-state index contributed by atoms with van der Waals surface area (Å²) in [6, 6.07) is 12.0. The van der Waals surface area contributed by atoms with Gasteiger partial charge in [-0.25, -0.2) is 0 Å². The predicted molar refractivity (Wildman–Crippen MR) is 93.1 cm³/mol. The number of nitrogens with zero attached hydrogens (tertiary/aromatic N) is 2. The van der Waals surface area contributed by atoms with E-state index < -0.39 is 0 Å². The van der Waals surface area contributed by atoms with E-state index in [0.29, 0.717) is 0 Å². The van der Waals surface area contributed by atoms with Gasteiger partial charge in [-0.3, -0.25) is 9.98 Å². The molecule has 0 aromatic heterocycles. The summed E-state index contributed by atoms with van der Waals surface area (Å²) in [5.41, 5.74) is 0.796. The van der Waals surface area contributed by atoms with Crippen LogP contribution in [0.3, 0.4) is 0 Å². The number of hydrogen-bond acceptors (Lipinski definition) is 2. The summed E-state index contributed by atoms with van der Waals surface area (Å²) in [6.45, 7) is 12.1. The Balaban J connectivity index is 0. The van der Waals surface area contributed by atoms with Crippen molar-refractivity contribution in [2.45, 2.75) is 6.92 Å². The molecule has 105 valence electrons. The van der Waals surface area contributed by atoms with Crippen molar-refractivity contribution in [2.75, 3.05) is 0 Å². The fourth-order valence-electron chi connectivity index (χ4n) is 0.743. The molecule has 1 rings (SSSR count). The summed E-state index contributed by atoms with van der Waals surface area (Å²) in [5.74, 6) is 0. The summed E-state index contributed by atoms with van der Waals surface area (Å²) in [7, 11) is 3.30. The molecule has 0 amide bonds. The highest BCUT2D eigenvalue weighted by Gasteiger charge is 1.74. The summed E-state index contributed by atoms with van der Waals surface area (Å²) < 4.78 is 0. The van der Waals surface area contributed by atoms with Crippen LogP contribution in [0.15, 0.2) is 96.6 Å². The monoisotopic (exact) mass is 267 g/mol. The molecule has 0 fully saturated rings. The maximum absolute atomic E-state index is 3.71. The van der Waals surface area contributed by atoms with E-state index in [9.17, 15) is 0 Å². The first-order valence-corrected chi connectivity index (χ1v) is 6.07. The second-order valence-corrected chi connectivity index (χ2v) is 3.27. The minimum Gasteiger partial charge on any atom is -0.287 e. The van der Waals surface area contributed by atoms with Crippen molar-refractivity contribution in [3.05, 3.63) is 93.7 Å². The highest BCUT2D eigenvalue weighted by molar-refractivity contribution is 6.29. The molecule has 0 atom stereocenters. The quantitative estimate of drug-likeness (QED) is 0.538. The van der Waals surface area contributed by atoms with Gasteiger partial charge in [0.15, 0.2) is 0 Å². The largest absolute Gasteiger partial charge is 0.287 e. The van der Waals surface area contributed by atoms with Crippen LogP contribution in [0.1, 0.15) is 6.92 Å². The fourth-order valence-corrected chi connectivity index (χ4v) is 0.743. The molecule has 0 bridgehead atoms. The van der Waals surface area contributed by atoms with E-state index in [1.807, 2.05) is 55.5 Å². The first-order chi connectivity index (χ1) is 9.72. The summed E-state index contributed by atoms with van der Waals surface area (Å²) >= 11 is 0. The second kappa shape index (κ2) is 18.9. The van der Waals surface area contributed by atoms with Gasteiger partial charge in [-0.2, -0.15) is 0 Å². The first-order valence-electron chi connectivity index (χ1n) is 6.07. The number of allylic oxidation sites excluding steroid dienone is 4. The Morgan fingerprint density at radius 1 is 0.850 bits per heavy atom. The van der Waals surface area contributed by atoms with Gasteiger partial charge in [0.2, 0.25) is 0 Å². The Morgan fingerprint density at radius 3 is 1.50 bits per heavy atom.